The maximum absolute atomic E-state index is 11.4. The Balaban J connectivity index is 2.04. The number of carbonyl (C=O) groups is 1. The smallest absolute Gasteiger partial charge is 0.324 e. The molecule has 0 aromatic heterocycles. The number of fused-ring (bicyclic) bond motifs is 2. The molecule has 2 aliphatic rings. The molecule has 3 rings (SSSR count). The minimum absolute atomic E-state index is 0.139. The number of rotatable bonds is 1. The Morgan fingerprint density at radius 2 is 2.38 bits per heavy atom. The van der Waals surface area contributed by atoms with Gasteiger partial charge in [-0.05, 0) is 24.1 Å². The van der Waals surface area contributed by atoms with Crippen molar-refractivity contribution in [2.45, 2.75) is 25.0 Å². The number of ether oxygens (including phenoxy) is 1. The number of halogens is 1. The monoisotopic (exact) mass is 237 g/mol. The van der Waals surface area contributed by atoms with E-state index in [0.717, 1.165) is 16.1 Å². The fourth-order valence-corrected chi connectivity index (χ4v) is 2.61. The highest BCUT2D eigenvalue weighted by atomic mass is 35.5. The van der Waals surface area contributed by atoms with Crippen LogP contribution in [0.3, 0.4) is 0 Å². The molecule has 0 amide bonds. The summed E-state index contributed by atoms with van der Waals surface area (Å²) < 4.78 is 5.47. The van der Waals surface area contributed by atoms with Gasteiger partial charge in [-0.1, -0.05) is 23.7 Å². The van der Waals surface area contributed by atoms with Crippen molar-refractivity contribution in [3.63, 3.8) is 0 Å². The number of carbonyl (C=O) groups excluding carboxylic acids is 1. The summed E-state index contributed by atoms with van der Waals surface area (Å²) in [6, 6.07) is 5.72. The highest BCUT2D eigenvalue weighted by Gasteiger charge is 2.53. The van der Waals surface area contributed by atoms with Crippen LogP contribution in [0.2, 0.25) is 5.02 Å². The van der Waals surface area contributed by atoms with Crippen LogP contribution in [0.15, 0.2) is 18.2 Å². The van der Waals surface area contributed by atoms with Crippen molar-refractivity contribution in [3.05, 3.63) is 34.3 Å². The lowest BCUT2D eigenvalue weighted by Gasteiger charge is -2.27. The lowest BCUT2D eigenvalue weighted by Crippen LogP contribution is -2.40. The van der Waals surface area contributed by atoms with Gasteiger partial charge in [0.1, 0.15) is 6.04 Å². The first-order valence-electron chi connectivity index (χ1n) is 5.34. The van der Waals surface area contributed by atoms with Gasteiger partial charge >= 0.3 is 5.97 Å². The SMILES string of the molecule is Cc1ccc(C23CNC(C2)C(=O)O3)cc1Cl. The van der Waals surface area contributed by atoms with Gasteiger partial charge in [0.05, 0.1) is 0 Å². The van der Waals surface area contributed by atoms with Gasteiger partial charge in [-0.2, -0.15) is 0 Å². The van der Waals surface area contributed by atoms with E-state index in [2.05, 4.69) is 5.32 Å². The van der Waals surface area contributed by atoms with Gasteiger partial charge in [0.15, 0.2) is 5.60 Å². The van der Waals surface area contributed by atoms with Gasteiger partial charge in [-0.15, -0.1) is 0 Å². The van der Waals surface area contributed by atoms with E-state index in [1.807, 2.05) is 25.1 Å². The van der Waals surface area contributed by atoms with Crippen molar-refractivity contribution in [2.75, 3.05) is 6.54 Å². The molecule has 1 aromatic rings. The highest BCUT2D eigenvalue weighted by molar-refractivity contribution is 6.31. The summed E-state index contributed by atoms with van der Waals surface area (Å²) in [6.07, 6.45) is 0.714. The quantitative estimate of drug-likeness (QED) is 0.757. The minimum atomic E-state index is -0.487. The minimum Gasteiger partial charge on any atom is -0.452 e. The molecule has 2 heterocycles. The van der Waals surface area contributed by atoms with Gasteiger partial charge < -0.3 is 4.74 Å². The second-order valence-corrected chi connectivity index (χ2v) is 4.92. The molecule has 84 valence electrons. The number of morpholine rings is 1. The van der Waals surface area contributed by atoms with E-state index in [0.29, 0.717) is 13.0 Å². The predicted octanol–water partition coefficient (Wildman–Crippen LogP) is 1.76. The number of hydrogen-bond donors (Lipinski definition) is 1. The van der Waals surface area contributed by atoms with Crippen molar-refractivity contribution in [1.29, 1.82) is 0 Å². The first kappa shape index (κ1) is 10.1. The molecule has 4 heteroatoms. The molecular formula is C12H12ClNO2. The van der Waals surface area contributed by atoms with Crippen molar-refractivity contribution >= 4 is 17.6 Å². The van der Waals surface area contributed by atoms with Crippen LogP contribution in [0, 0.1) is 6.92 Å². The molecule has 0 saturated carbocycles. The second kappa shape index (κ2) is 3.22. The van der Waals surface area contributed by atoms with E-state index in [1.165, 1.54) is 0 Å². The van der Waals surface area contributed by atoms with Gasteiger partial charge in [0.25, 0.3) is 0 Å². The Morgan fingerprint density at radius 3 is 2.94 bits per heavy atom. The van der Waals surface area contributed by atoms with E-state index < -0.39 is 5.60 Å². The lowest BCUT2D eigenvalue weighted by atomic mass is 9.92. The van der Waals surface area contributed by atoms with Crippen LogP contribution in [0.5, 0.6) is 0 Å². The summed E-state index contributed by atoms with van der Waals surface area (Å²) in [5.41, 5.74) is 1.54. The maximum Gasteiger partial charge on any atom is 0.324 e. The Bertz CT molecular complexity index is 474. The Hall–Kier alpha value is -1.06. The van der Waals surface area contributed by atoms with Crippen molar-refractivity contribution < 1.29 is 9.53 Å². The molecule has 0 aliphatic carbocycles. The zero-order valence-corrected chi connectivity index (χ0v) is 9.67. The summed E-state index contributed by atoms with van der Waals surface area (Å²) in [6.45, 7) is 2.64. The van der Waals surface area contributed by atoms with E-state index in [1.54, 1.807) is 0 Å². The van der Waals surface area contributed by atoms with E-state index >= 15 is 0 Å². The van der Waals surface area contributed by atoms with Crippen LogP contribution in [-0.2, 0) is 15.1 Å². The van der Waals surface area contributed by atoms with E-state index in [4.69, 9.17) is 16.3 Å². The topological polar surface area (TPSA) is 38.3 Å². The third-order valence-corrected chi connectivity index (χ3v) is 3.85. The summed E-state index contributed by atoms with van der Waals surface area (Å²) in [5.74, 6) is -0.150. The van der Waals surface area contributed by atoms with Crippen LogP contribution >= 0.6 is 11.6 Å². The van der Waals surface area contributed by atoms with Crippen LogP contribution in [0.1, 0.15) is 17.5 Å². The lowest BCUT2D eigenvalue weighted by molar-refractivity contribution is -0.153. The third-order valence-electron chi connectivity index (χ3n) is 3.45. The van der Waals surface area contributed by atoms with Gasteiger partial charge in [-0.3, -0.25) is 10.1 Å². The molecule has 2 bridgehead atoms. The van der Waals surface area contributed by atoms with Crippen LogP contribution < -0.4 is 5.32 Å². The average molecular weight is 238 g/mol. The van der Waals surface area contributed by atoms with E-state index in [-0.39, 0.29) is 12.0 Å². The molecule has 0 radical (unpaired) electrons. The Morgan fingerprint density at radius 1 is 1.56 bits per heavy atom. The van der Waals surface area contributed by atoms with E-state index in [9.17, 15) is 4.79 Å². The second-order valence-electron chi connectivity index (χ2n) is 4.52. The molecule has 3 nitrogen and oxygen atoms in total. The molecule has 16 heavy (non-hydrogen) atoms. The van der Waals surface area contributed by atoms with Crippen LogP contribution in [0.4, 0.5) is 0 Å². The molecule has 0 spiro atoms. The first-order chi connectivity index (χ1) is 7.61. The molecule has 2 saturated heterocycles. The number of benzene rings is 1. The maximum atomic E-state index is 11.4. The molecule has 2 aliphatic heterocycles. The van der Waals surface area contributed by atoms with Crippen molar-refractivity contribution in [1.82, 2.24) is 5.32 Å². The Kier molecular flexibility index (Phi) is 2.03. The summed E-state index contributed by atoms with van der Waals surface area (Å²) >= 11 is 6.10. The number of esters is 1. The molecular weight excluding hydrogens is 226 g/mol. The normalized spacial score (nSPS) is 31.9. The average Bonchev–Trinajstić information content (AvgIpc) is 2.80. The number of aryl methyl sites for hydroxylation is 1. The number of hydrogen-bond acceptors (Lipinski definition) is 3. The predicted molar refractivity (Wildman–Crippen MR) is 60.4 cm³/mol. The largest absolute Gasteiger partial charge is 0.452 e. The van der Waals surface area contributed by atoms with Crippen LogP contribution in [0.25, 0.3) is 0 Å². The Labute approximate surface area is 98.7 Å². The first-order valence-corrected chi connectivity index (χ1v) is 5.71. The summed E-state index contributed by atoms with van der Waals surface area (Å²) in [5, 5.41) is 3.88. The zero-order valence-electron chi connectivity index (χ0n) is 8.92. The molecule has 2 fully saturated rings. The summed E-state index contributed by atoms with van der Waals surface area (Å²) in [7, 11) is 0. The molecule has 1 N–H and O–H groups in total. The fourth-order valence-electron chi connectivity index (χ4n) is 2.43. The molecule has 1 aromatic carbocycles. The fraction of sp³-hybridized carbons (Fsp3) is 0.417. The molecule has 2 unspecified atom stereocenters. The number of nitrogens with one attached hydrogen (secondary N) is 1. The third kappa shape index (κ3) is 1.28. The van der Waals surface area contributed by atoms with Crippen LogP contribution in [-0.4, -0.2) is 18.6 Å². The zero-order chi connectivity index (χ0) is 11.3. The van der Waals surface area contributed by atoms with Crippen molar-refractivity contribution in [2.24, 2.45) is 0 Å². The standard InChI is InChI=1S/C12H12ClNO2/c1-7-2-3-8(4-9(7)13)12-5-10(14-6-12)11(15)16-12/h2-4,10,14H,5-6H2,1H3. The summed E-state index contributed by atoms with van der Waals surface area (Å²) in [4.78, 5) is 11.4. The highest BCUT2D eigenvalue weighted by Crippen LogP contribution is 2.41. The van der Waals surface area contributed by atoms with Gasteiger partial charge in [0.2, 0.25) is 0 Å². The van der Waals surface area contributed by atoms with Gasteiger partial charge in [-0.25, -0.2) is 0 Å². The molecule has 2 atom stereocenters. The van der Waals surface area contributed by atoms with Gasteiger partial charge in [0, 0.05) is 18.0 Å². The van der Waals surface area contributed by atoms with Crippen molar-refractivity contribution in [3.8, 4) is 0 Å².